The van der Waals surface area contributed by atoms with Gasteiger partial charge in [0.2, 0.25) is 0 Å². The van der Waals surface area contributed by atoms with Crippen molar-refractivity contribution >= 4 is 46.3 Å². The molecule has 0 radical (unpaired) electrons. The smallest absolute Gasteiger partial charge is 0.341 e. The lowest BCUT2D eigenvalue weighted by molar-refractivity contribution is -0.139. The number of thioether (sulfide) groups is 1. The second-order valence-electron chi connectivity index (χ2n) is 6.96. The number of thiocarbonyl (C=S) groups is 1. The molecule has 0 bridgehead atoms. The third kappa shape index (κ3) is 6.67. The van der Waals surface area contributed by atoms with Crippen LogP contribution in [0.1, 0.15) is 18.9 Å². The lowest BCUT2D eigenvalue weighted by atomic mass is 10.2. The fourth-order valence-corrected chi connectivity index (χ4v) is 4.57. The third-order valence-electron chi connectivity index (χ3n) is 4.75. The summed E-state index contributed by atoms with van der Waals surface area (Å²) in [6.07, 6.45) is 2.62. The number of benzene rings is 1. The van der Waals surface area contributed by atoms with Crippen molar-refractivity contribution in [2.75, 3.05) is 52.6 Å². The van der Waals surface area contributed by atoms with E-state index in [2.05, 4.69) is 4.90 Å². The van der Waals surface area contributed by atoms with Crippen molar-refractivity contribution in [1.82, 2.24) is 9.80 Å². The van der Waals surface area contributed by atoms with Gasteiger partial charge in [0.1, 0.15) is 4.32 Å². The number of hydrogen-bond acceptors (Lipinski definition) is 8. The van der Waals surface area contributed by atoms with Crippen molar-refractivity contribution in [3.8, 4) is 11.5 Å². The normalized spacial score (nSPS) is 18.6. The predicted octanol–water partition coefficient (Wildman–Crippen LogP) is 2.47. The first-order valence-corrected chi connectivity index (χ1v) is 11.4. The first kappa shape index (κ1) is 23.5. The van der Waals surface area contributed by atoms with Crippen molar-refractivity contribution < 1.29 is 28.9 Å². The number of morpholine rings is 1. The van der Waals surface area contributed by atoms with Crippen LogP contribution in [0.5, 0.6) is 11.5 Å². The number of ether oxygens (including phenoxy) is 3. The molecule has 8 nitrogen and oxygen atoms in total. The van der Waals surface area contributed by atoms with Gasteiger partial charge in [0.25, 0.3) is 5.91 Å². The van der Waals surface area contributed by atoms with Gasteiger partial charge in [0.05, 0.1) is 24.7 Å². The quantitative estimate of drug-likeness (QED) is 0.413. The highest BCUT2D eigenvalue weighted by Crippen LogP contribution is 2.35. The number of carbonyl (C=O) groups excluding carboxylic acids is 1. The lowest BCUT2D eigenvalue weighted by Gasteiger charge is -2.27. The van der Waals surface area contributed by atoms with Crippen LogP contribution in [0, 0.1) is 0 Å². The van der Waals surface area contributed by atoms with E-state index < -0.39 is 12.6 Å². The highest BCUT2D eigenvalue weighted by Gasteiger charge is 2.31. The Hall–Kier alpha value is -2.14. The molecule has 2 aliphatic rings. The second kappa shape index (κ2) is 11.5. The molecule has 3 rings (SSSR count). The summed E-state index contributed by atoms with van der Waals surface area (Å²) in [7, 11) is 0. The molecule has 1 N–H and O–H groups in total. The maximum Gasteiger partial charge on any atom is 0.341 e. The summed E-state index contributed by atoms with van der Waals surface area (Å²) in [4.78, 5) is 28.2. The van der Waals surface area contributed by atoms with Gasteiger partial charge in [0, 0.05) is 26.2 Å². The topological polar surface area (TPSA) is 88.5 Å². The molecule has 1 amide bonds. The van der Waals surface area contributed by atoms with E-state index >= 15 is 0 Å². The highest BCUT2D eigenvalue weighted by molar-refractivity contribution is 8.26. The summed E-state index contributed by atoms with van der Waals surface area (Å²) < 4.78 is 16.8. The maximum atomic E-state index is 12.9. The van der Waals surface area contributed by atoms with E-state index in [1.165, 1.54) is 11.8 Å². The monoisotopic (exact) mass is 466 g/mol. The van der Waals surface area contributed by atoms with Gasteiger partial charge < -0.3 is 19.3 Å². The van der Waals surface area contributed by atoms with E-state index in [9.17, 15) is 9.59 Å². The van der Waals surface area contributed by atoms with E-state index in [0.717, 1.165) is 44.8 Å². The second-order valence-corrected chi connectivity index (χ2v) is 8.64. The zero-order valence-corrected chi connectivity index (χ0v) is 19.0. The molecule has 2 saturated heterocycles. The van der Waals surface area contributed by atoms with Gasteiger partial charge >= 0.3 is 5.97 Å². The molecule has 2 heterocycles. The summed E-state index contributed by atoms with van der Waals surface area (Å²) in [5.41, 5.74) is 0.750. The van der Waals surface area contributed by atoms with Gasteiger partial charge in [-0.05, 0) is 37.1 Å². The van der Waals surface area contributed by atoms with Crippen molar-refractivity contribution in [2.24, 2.45) is 0 Å². The van der Waals surface area contributed by atoms with Crippen molar-refractivity contribution in [2.45, 2.75) is 13.3 Å². The maximum absolute atomic E-state index is 12.9. The Bertz CT molecular complexity index is 854. The summed E-state index contributed by atoms with van der Waals surface area (Å²) in [6, 6.07) is 5.12. The Kier molecular flexibility index (Phi) is 8.70. The summed E-state index contributed by atoms with van der Waals surface area (Å²) in [5, 5.41) is 8.81. The molecule has 2 fully saturated rings. The Balaban J connectivity index is 1.64. The third-order valence-corrected chi connectivity index (χ3v) is 6.13. The van der Waals surface area contributed by atoms with E-state index in [0.29, 0.717) is 33.9 Å². The molecule has 0 atom stereocenters. The van der Waals surface area contributed by atoms with Crippen LogP contribution >= 0.6 is 24.0 Å². The molecule has 1 aromatic carbocycles. The molecule has 0 saturated carbocycles. The molecular weight excluding hydrogens is 440 g/mol. The van der Waals surface area contributed by atoms with Gasteiger partial charge in [0.15, 0.2) is 18.1 Å². The number of amides is 1. The molecule has 10 heteroatoms. The first-order chi connectivity index (χ1) is 15.0. The van der Waals surface area contributed by atoms with E-state index in [1.807, 2.05) is 6.92 Å². The lowest BCUT2D eigenvalue weighted by Crippen LogP contribution is -2.38. The van der Waals surface area contributed by atoms with Crippen LogP contribution < -0.4 is 9.47 Å². The van der Waals surface area contributed by atoms with E-state index in [-0.39, 0.29) is 5.91 Å². The van der Waals surface area contributed by atoms with Gasteiger partial charge in [-0.3, -0.25) is 14.6 Å². The Morgan fingerprint density at radius 2 is 2.03 bits per heavy atom. The van der Waals surface area contributed by atoms with Crippen LogP contribution in [0.15, 0.2) is 23.1 Å². The molecule has 0 aromatic heterocycles. The minimum atomic E-state index is -1.07. The first-order valence-electron chi connectivity index (χ1n) is 10.1. The fraction of sp³-hybridized carbons (Fsp3) is 0.476. The van der Waals surface area contributed by atoms with Crippen LogP contribution in [0.4, 0.5) is 0 Å². The van der Waals surface area contributed by atoms with Gasteiger partial charge in [-0.1, -0.05) is 30.0 Å². The fourth-order valence-electron chi connectivity index (χ4n) is 3.26. The number of nitrogens with zero attached hydrogens (tertiary/aromatic N) is 2. The summed E-state index contributed by atoms with van der Waals surface area (Å²) >= 11 is 6.71. The van der Waals surface area contributed by atoms with Crippen LogP contribution in [0.25, 0.3) is 6.08 Å². The Labute approximate surface area is 191 Å². The number of hydrogen-bond donors (Lipinski definition) is 1. The summed E-state index contributed by atoms with van der Waals surface area (Å²) in [6.45, 7) is 6.64. The van der Waals surface area contributed by atoms with E-state index in [4.69, 9.17) is 31.5 Å². The van der Waals surface area contributed by atoms with Gasteiger partial charge in [-0.15, -0.1) is 0 Å². The molecule has 2 aliphatic heterocycles. The molecule has 0 spiro atoms. The molecule has 0 unspecified atom stereocenters. The van der Waals surface area contributed by atoms with E-state index in [1.54, 1.807) is 29.2 Å². The largest absolute Gasteiger partial charge is 0.490 e. The number of carbonyl (C=O) groups is 2. The highest BCUT2D eigenvalue weighted by atomic mass is 32.2. The molecule has 1 aromatic rings. The average Bonchev–Trinajstić information content (AvgIpc) is 3.01. The Morgan fingerprint density at radius 3 is 2.74 bits per heavy atom. The number of carboxylic acid groups (broad SMARTS) is 1. The van der Waals surface area contributed by atoms with Crippen molar-refractivity contribution in [3.63, 3.8) is 0 Å². The number of rotatable bonds is 10. The molecule has 0 aliphatic carbocycles. The van der Waals surface area contributed by atoms with Crippen molar-refractivity contribution in [1.29, 1.82) is 0 Å². The van der Waals surface area contributed by atoms with Crippen LogP contribution in [-0.2, 0) is 14.3 Å². The zero-order chi connectivity index (χ0) is 22.2. The zero-order valence-electron chi connectivity index (χ0n) is 17.4. The SMILES string of the molecule is CCOc1cc(/C=C2/SC(=S)N(CCCN3CCOCC3)C2=O)ccc1OCC(=O)O. The van der Waals surface area contributed by atoms with Crippen LogP contribution in [-0.4, -0.2) is 83.7 Å². The number of aliphatic carboxylic acids is 1. The standard InChI is InChI=1S/C21H26N2O6S2/c1-2-28-17-12-15(4-5-16(17)29-14-19(24)25)13-18-20(26)23(21(30)31-18)7-3-6-22-8-10-27-11-9-22/h4-5,12-13H,2-3,6-11,14H2,1H3,(H,24,25)/b18-13+. The Morgan fingerprint density at radius 1 is 1.26 bits per heavy atom. The minimum absolute atomic E-state index is 0.0962. The number of carboxylic acids is 1. The van der Waals surface area contributed by atoms with Gasteiger partial charge in [-0.25, -0.2) is 4.79 Å². The van der Waals surface area contributed by atoms with Crippen LogP contribution in [0.3, 0.4) is 0 Å². The van der Waals surface area contributed by atoms with Crippen molar-refractivity contribution in [3.05, 3.63) is 28.7 Å². The molecular formula is C21H26N2O6S2. The predicted molar refractivity (Wildman–Crippen MR) is 122 cm³/mol. The van der Waals surface area contributed by atoms with Gasteiger partial charge in [-0.2, -0.15) is 0 Å². The van der Waals surface area contributed by atoms with Crippen LogP contribution in [0.2, 0.25) is 0 Å². The average molecular weight is 467 g/mol. The molecule has 31 heavy (non-hydrogen) atoms. The molecule has 168 valence electrons. The minimum Gasteiger partial charge on any atom is -0.490 e. The summed E-state index contributed by atoms with van der Waals surface area (Å²) in [5.74, 6) is -0.388.